The Kier molecular flexibility index (Phi) is 7.93. The van der Waals surface area contributed by atoms with E-state index >= 15 is 0 Å². The Hall–Kier alpha value is -1.78. The molecule has 2 rings (SSSR count). The molecular formula is C19H15BrCl2N2O2S. The molecule has 4 nitrogen and oxygen atoms in total. The average Bonchev–Trinajstić information content (AvgIpc) is 2.61. The van der Waals surface area contributed by atoms with E-state index < -0.39 is 0 Å². The van der Waals surface area contributed by atoms with E-state index in [0.717, 1.165) is 5.56 Å². The summed E-state index contributed by atoms with van der Waals surface area (Å²) in [6.45, 7) is 2.60. The molecule has 0 amide bonds. The Balaban J connectivity index is 2.34. The van der Waals surface area contributed by atoms with Gasteiger partial charge in [-0.1, -0.05) is 41.5 Å². The minimum Gasteiger partial charge on any atom is -0.490 e. The van der Waals surface area contributed by atoms with Crippen molar-refractivity contribution >= 4 is 62.4 Å². The summed E-state index contributed by atoms with van der Waals surface area (Å²) in [5.74, 6) is 1.06. The number of hydrogen-bond acceptors (Lipinski definition) is 4. The topological polar surface area (TPSA) is 68.3 Å². The van der Waals surface area contributed by atoms with Crippen LogP contribution >= 0.6 is 51.3 Å². The van der Waals surface area contributed by atoms with Gasteiger partial charge < -0.3 is 15.2 Å². The molecule has 2 aromatic carbocycles. The molecule has 0 bridgehead atoms. The van der Waals surface area contributed by atoms with E-state index in [9.17, 15) is 0 Å². The van der Waals surface area contributed by atoms with Crippen LogP contribution in [0, 0.1) is 11.3 Å². The van der Waals surface area contributed by atoms with Gasteiger partial charge >= 0.3 is 0 Å². The smallest absolute Gasteiger partial charge is 0.175 e. The van der Waals surface area contributed by atoms with Gasteiger partial charge in [-0.3, -0.25) is 0 Å². The van der Waals surface area contributed by atoms with Gasteiger partial charge in [0.25, 0.3) is 0 Å². The molecule has 0 unspecified atom stereocenters. The molecule has 2 aromatic rings. The van der Waals surface area contributed by atoms with Crippen LogP contribution in [0.4, 0.5) is 0 Å². The fraction of sp³-hybridized carbons (Fsp3) is 0.158. The molecule has 0 aromatic heterocycles. The highest BCUT2D eigenvalue weighted by Crippen LogP contribution is 2.38. The maximum absolute atomic E-state index is 9.13. The second-order valence-electron chi connectivity index (χ2n) is 5.33. The highest BCUT2D eigenvalue weighted by Gasteiger charge is 2.13. The molecule has 0 saturated heterocycles. The highest BCUT2D eigenvalue weighted by molar-refractivity contribution is 9.10. The first-order chi connectivity index (χ1) is 12.8. The van der Waals surface area contributed by atoms with E-state index in [4.69, 9.17) is 55.9 Å². The van der Waals surface area contributed by atoms with Crippen LogP contribution in [-0.2, 0) is 6.61 Å². The molecule has 0 aliphatic carbocycles. The summed E-state index contributed by atoms with van der Waals surface area (Å²) in [6, 6.07) is 10.8. The van der Waals surface area contributed by atoms with Crippen molar-refractivity contribution in [1.29, 1.82) is 5.26 Å². The predicted molar refractivity (Wildman–Crippen MR) is 116 cm³/mol. The largest absolute Gasteiger partial charge is 0.490 e. The minimum atomic E-state index is 0.0338. The Morgan fingerprint density at radius 1 is 1.26 bits per heavy atom. The molecule has 140 valence electrons. The van der Waals surface area contributed by atoms with Crippen molar-refractivity contribution in [1.82, 2.24) is 0 Å². The normalized spacial score (nSPS) is 11.0. The first-order valence-corrected chi connectivity index (χ1v) is 9.76. The molecule has 8 heteroatoms. The van der Waals surface area contributed by atoms with Crippen molar-refractivity contribution < 1.29 is 9.47 Å². The van der Waals surface area contributed by atoms with Gasteiger partial charge in [-0.2, -0.15) is 5.26 Å². The highest BCUT2D eigenvalue weighted by atomic mass is 79.9. The summed E-state index contributed by atoms with van der Waals surface area (Å²) >= 11 is 20.3. The average molecular weight is 486 g/mol. The summed E-state index contributed by atoms with van der Waals surface area (Å²) in [5.41, 5.74) is 7.33. The van der Waals surface area contributed by atoms with Crippen molar-refractivity contribution in [2.75, 3.05) is 6.61 Å². The Morgan fingerprint density at radius 3 is 2.59 bits per heavy atom. The lowest BCUT2D eigenvalue weighted by Crippen LogP contribution is -2.09. The van der Waals surface area contributed by atoms with E-state index in [1.165, 1.54) is 0 Å². The number of rotatable bonds is 7. The number of nitrogens with two attached hydrogens (primary N) is 1. The molecule has 0 fully saturated rings. The molecule has 27 heavy (non-hydrogen) atoms. The Bertz CT molecular complexity index is 942. The minimum absolute atomic E-state index is 0.0338. The maximum atomic E-state index is 9.13. The van der Waals surface area contributed by atoms with Crippen LogP contribution in [0.2, 0.25) is 10.0 Å². The van der Waals surface area contributed by atoms with Crippen molar-refractivity contribution in [2.24, 2.45) is 5.73 Å². The lowest BCUT2D eigenvalue weighted by Gasteiger charge is -2.15. The van der Waals surface area contributed by atoms with Gasteiger partial charge in [0.1, 0.15) is 17.7 Å². The predicted octanol–water partition coefficient (Wildman–Crippen LogP) is 5.93. The lowest BCUT2D eigenvalue weighted by atomic mass is 10.1. The number of benzene rings is 2. The van der Waals surface area contributed by atoms with Gasteiger partial charge in [-0.05, 0) is 64.3 Å². The van der Waals surface area contributed by atoms with E-state index in [1.807, 2.05) is 19.1 Å². The van der Waals surface area contributed by atoms with Gasteiger partial charge in [0.15, 0.2) is 11.5 Å². The molecular weight excluding hydrogens is 471 g/mol. The first kappa shape index (κ1) is 21.5. The van der Waals surface area contributed by atoms with E-state index in [2.05, 4.69) is 15.9 Å². The van der Waals surface area contributed by atoms with Gasteiger partial charge in [-0.15, -0.1) is 0 Å². The van der Waals surface area contributed by atoms with Gasteiger partial charge in [-0.25, -0.2) is 0 Å². The lowest BCUT2D eigenvalue weighted by molar-refractivity contribution is 0.267. The number of hydrogen-bond donors (Lipinski definition) is 1. The summed E-state index contributed by atoms with van der Waals surface area (Å²) in [6.07, 6.45) is 1.60. The van der Waals surface area contributed by atoms with Crippen LogP contribution in [0.25, 0.3) is 6.08 Å². The van der Waals surface area contributed by atoms with Gasteiger partial charge in [0.2, 0.25) is 0 Å². The number of ether oxygens (including phenoxy) is 2. The fourth-order valence-electron chi connectivity index (χ4n) is 2.18. The zero-order valence-corrected chi connectivity index (χ0v) is 18.2. The molecule has 0 saturated carbocycles. The van der Waals surface area contributed by atoms with Gasteiger partial charge in [0.05, 0.1) is 26.7 Å². The monoisotopic (exact) mass is 484 g/mol. The van der Waals surface area contributed by atoms with Crippen molar-refractivity contribution in [3.8, 4) is 17.6 Å². The Morgan fingerprint density at radius 2 is 2.00 bits per heavy atom. The molecule has 0 radical (unpaired) electrons. The number of halogens is 3. The third-order valence-corrected chi connectivity index (χ3v) is 4.94. The van der Waals surface area contributed by atoms with Crippen molar-refractivity contribution in [2.45, 2.75) is 13.5 Å². The van der Waals surface area contributed by atoms with Crippen molar-refractivity contribution in [3.05, 3.63) is 61.5 Å². The molecule has 0 heterocycles. The second-order valence-corrected chi connectivity index (χ2v) is 7.44. The van der Waals surface area contributed by atoms with Crippen LogP contribution in [0.15, 0.2) is 40.4 Å². The molecule has 2 N–H and O–H groups in total. The van der Waals surface area contributed by atoms with E-state index in [0.29, 0.717) is 38.2 Å². The van der Waals surface area contributed by atoms with Crippen LogP contribution in [0.5, 0.6) is 11.5 Å². The number of thiocarbonyl (C=S) groups is 1. The van der Waals surface area contributed by atoms with Crippen LogP contribution in [-0.4, -0.2) is 11.6 Å². The molecule has 0 spiro atoms. The zero-order valence-electron chi connectivity index (χ0n) is 14.3. The van der Waals surface area contributed by atoms with Gasteiger partial charge in [0, 0.05) is 0 Å². The van der Waals surface area contributed by atoms with Crippen molar-refractivity contribution in [3.63, 3.8) is 0 Å². The summed E-state index contributed by atoms with van der Waals surface area (Å²) in [5, 5.41) is 10.1. The number of nitriles is 1. The number of nitrogens with zero attached hydrogens (tertiary/aromatic N) is 1. The molecule has 0 aliphatic heterocycles. The fourth-order valence-corrected chi connectivity index (χ4v) is 3.18. The second kappa shape index (κ2) is 9.95. The first-order valence-electron chi connectivity index (χ1n) is 7.80. The SMILES string of the molecule is CCOc1cc(/C=C(\C#N)C(N)=S)cc(Br)c1OCc1ccc(Cl)c(Cl)c1. The maximum Gasteiger partial charge on any atom is 0.175 e. The third kappa shape index (κ3) is 5.85. The standard InChI is InChI=1S/C19H15BrCl2N2O2S/c1-2-25-17-8-12(5-13(9-23)19(24)27)6-14(20)18(17)26-10-11-3-4-15(21)16(22)7-11/h3-8H,2,10H2,1H3,(H2,24,27)/b13-5+. The Labute approximate surface area is 181 Å². The summed E-state index contributed by atoms with van der Waals surface area (Å²) < 4.78 is 12.3. The summed E-state index contributed by atoms with van der Waals surface area (Å²) in [4.78, 5) is 0.0338. The third-order valence-electron chi connectivity index (χ3n) is 3.40. The quantitative estimate of drug-likeness (QED) is 0.299. The molecule has 0 atom stereocenters. The van der Waals surface area contributed by atoms with Crippen LogP contribution in [0.1, 0.15) is 18.1 Å². The summed E-state index contributed by atoms with van der Waals surface area (Å²) in [7, 11) is 0. The van der Waals surface area contributed by atoms with Crippen LogP contribution < -0.4 is 15.2 Å². The van der Waals surface area contributed by atoms with E-state index in [-0.39, 0.29) is 17.2 Å². The van der Waals surface area contributed by atoms with Crippen LogP contribution in [0.3, 0.4) is 0 Å². The molecule has 0 aliphatic rings. The zero-order chi connectivity index (χ0) is 20.0. The van der Waals surface area contributed by atoms with E-state index in [1.54, 1.807) is 30.3 Å².